The number of nitrogens with zero attached hydrogens (tertiary/aromatic N) is 1. The predicted octanol–water partition coefficient (Wildman–Crippen LogP) is 1.58. The van der Waals surface area contributed by atoms with Crippen LogP contribution in [-0.2, 0) is 0 Å². The van der Waals surface area contributed by atoms with Crippen LogP contribution in [0.3, 0.4) is 0 Å². The fourth-order valence-electron chi connectivity index (χ4n) is 1.79. The molecule has 1 aromatic carbocycles. The number of benzene rings is 1. The topological polar surface area (TPSA) is 57.1 Å². The van der Waals surface area contributed by atoms with Gasteiger partial charge in [0.15, 0.2) is 11.8 Å². The Balaban J connectivity index is 2.66. The van der Waals surface area contributed by atoms with Crippen molar-refractivity contribution in [2.75, 3.05) is 0 Å². The van der Waals surface area contributed by atoms with Gasteiger partial charge in [-0.05, 0) is 12.1 Å². The van der Waals surface area contributed by atoms with Crippen LogP contribution >= 0.6 is 0 Å². The van der Waals surface area contributed by atoms with Gasteiger partial charge in [0.25, 0.3) is 0 Å². The Hall–Kier alpha value is -2.36. The Kier molecular flexibility index (Phi) is 1.71. The highest BCUT2D eigenvalue weighted by molar-refractivity contribution is 5.99. The van der Waals surface area contributed by atoms with Gasteiger partial charge in [-0.3, -0.25) is 0 Å². The number of fused-ring (bicyclic) bond motifs is 3. The zero-order valence-electron chi connectivity index (χ0n) is 8.21. The molecule has 0 unspecified atom stereocenters. The van der Waals surface area contributed by atoms with Crippen molar-refractivity contribution in [3.05, 3.63) is 58.2 Å². The Morgan fingerprint density at radius 1 is 1.12 bits per heavy atom. The molecule has 0 radical (unpaired) electrons. The zero-order valence-corrected chi connectivity index (χ0v) is 8.21. The van der Waals surface area contributed by atoms with Gasteiger partial charge in [-0.25, -0.2) is 4.79 Å². The molecule has 0 aliphatic carbocycles. The molecule has 3 rings (SSSR count). The van der Waals surface area contributed by atoms with Crippen LogP contribution in [0.4, 0.5) is 0 Å². The summed E-state index contributed by atoms with van der Waals surface area (Å²) in [6, 6.07) is 9.90. The Morgan fingerprint density at radius 2 is 1.94 bits per heavy atom. The van der Waals surface area contributed by atoms with E-state index in [1.807, 2.05) is 0 Å². The van der Waals surface area contributed by atoms with E-state index in [2.05, 4.69) is 0 Å². The Labute approximate surface area is 89.9 Å². The largest absolute Gasteiger partial charge is 0.618 e. The summed E-state index contributed by atoms with van der Waals surface area (Å²) in [5.41, 5.74) is 0.529. The van der Waals surface area contributed by atoms with Crippen LogP contribution < -0.4 is 10.4 Å². The first-order valence-corrected chi connectivity index (χ1v) is 4.80. The third kappa shape index (κ3) is 1.16. The monoisotopic (exact) mass is 213 g/mol. The summed E-state index contributed by atoms with van der Waals surface area (Å²) >= 11 is 0. The van der Waals surface area contributed by atoms with Crippen LogP contribution in [-0.4, -0.2) is 0 Å². The first-order valence-electron chi connectivity index (χ1n) is 4.80. The second-order valence-corrected chi connectivity index (χ2v) is 3.51. The van der Waals surface area contributed by atoms with E-state index in [0.29, 0.717) is 21.9 Å². The molecule has 0 amide bonds. The molecular weight excluding hydrogens is 206 g/mol. The maximum atomic E-state index is 11.7. The Morgan fingerprint density at radius 3 is 2.81 bits per heavy atom. The van der Waals surface area contributed by atoms with E-state index in [4.69, 9.17) is 4.42 Å². The highest BCUT2D eigenvalue weighted by Gasteiger charge is 2.10. The highest BCUT2D eigenvalue weighted by atomic mass is 16.5. The third-order valence-electron chi connectivity index (χ3n) is 2.51. The molecule has 0 saturated heterocycles. The number of hydrogen-bond acceptors (Lipinski definition) is 3. The van der Waals surface area contributed by atoms with Gasteiger partial charge in [-0.2, -0.15) is 4.73 Å². The molecule has 0 aliphatic rings. The lowest BCUT2D eigenvalue weighted by atomic mass is 10.1. The number of aromatic nitrogens is 1. The lowest BCUT2D eigenvalue weighted by Crippen LogP contribution is -2.26. The number of pyridine rings is 1. The molecule has 2 heterocycles. The molecule has 0 N–H and O–H groups in total. The van der Waals surface area contributed by atoms with Crippen LogP contribution in [0.2, 0.25) is 0 Å². The molecule has 3 aromatic rings. The van der Waals surface area contributed by atoms with E-state index in [-0.39, 0.29) is 0 Å². The summed E-state index contributed by atoms with van der Waals surface area (Å²) in [6.45, 7) is 0. The minimum atomic E-state index is -0.415. The van der Waals surface area contributed by atoms with E-state index in [9.17, 15) is 10.0 Å². The maximum absolute atomic E-state index is 11.7. The van der Waals surface area contributed by atoms with Crippen molar-refractivity contribution in [3.63, 3.8) is 0 Å². The second-order valence-electron chi connectivity index (χ2n) is 3.51. The lowest BCUT2D eigenvalue weighted by molar-refractivity contribution is -0.575. The van der Waals surface area contributed by atoms with Crippen LogP contribution in [0.1, 0.15) is 0 Å². The molecule has 0 aliphatic heterocycles. The van der Waals surface area contributed by atoms with E-state index in [0.717, 1.165) is 4.73 Å². The number of rotatable bonds is 0. The summed E-state index contributed by atoms with van der Waals surface area (Å²) in [4.78, 5) is 11.2. The fraction of sp³-hybridized carbons (Fsp3) is 0. The van der Waals surface area contributed by atoms with Gasteiger partial charge in [0.1, 0.15) is 0 Å². The average molecular weight is 213 g/mol. The first-order chi connectivity index (χ1) is 7.75. The van der Waals surface area contributed by atoms with Crippen LogP contribution in [0.5, 0.6) is 0 Å². The van der Waals surface area contributed by atoms with Crippen molar-refractivity contribution in [1.82, 2.24) is 0 Å². The standard InChI is InChI=1S/C12H7NO3/c14-11-6-5-8-7-13(15)10-4-2-1-3-9(10)12(8)16-11/h1-7H. The second kappa shape index (κ2) is 3.06. The van der Waals surface area contributed by atoms with E-state index in [1.165, 1.54) is 12.3 Å². The van der Waals surface area contributed by atoms with Gasteiger partial charge >= 0.3 is 5.63 Å². The zero-order chi connectivity index (χ0) is 11.1. The van der Waals surface area contributed by atoms with E-state index in [1.54, 1.807) is 30.3 Å². The molecule has 0 bridgehead atoms. The SMILES string of the molecule is O=c1ccc2c[n+]([O-])c3ccccc3c2o1. The van der Waals surface area contributed by atoms with E-state index >= 15 is 0 Å². The normalized spacial score (nSPS) is 11.0. The number of hydrogen-bond donors (Lipinski definition) is 0. The van der Waals surface area contributed by atoms with Crippen molar-refractivity contribution in [1.29, 1.82) is 0 Å². The summed E-state index contributed by atoms with van der Waals surface area (Å²) < 4.78 is 5.90. The molecule has 16 heavy (non-hydrogen) atoms. The van der Waals surface area contributed by atoms with Crippen molar-refractivity contribution in [2.45, 2.75) is 0 Å². The summed E-state index contributed by atoms with van der Waals surface area (Å²) in [5.74, 6) is 0. The quantitative estimate of drug-likeness (QED) is 0.323. The van der Waals surface area contributed by atoms with E-state index < -0.39 is 5.63 Å². The molecular formula is C12H7NO3. The highest BCUT2D eigenvalue weighted by Crippen LogP contribution is 2.20. The summed E-state index contributed by atoms with van der Waals surface area (Å²) in [5, 5.41) is 12.9. The average Bonchev–Trinajstić information content (AvgIpc) is 2.31. The van der Waals surface area contributed by atoms with Gasteiger partial charge < -0.3 is 9.62 Å². The van der Waals surface area contributed by atoms with Gasteiger partial charge in [0, 0.05) is 12.1 Å². The first kappa shape index (κ1) is 8.91. The van der Waals surface area contributed by atoms with Crippen LogP contribution in [0, 0.1) is 5.21 Å². The van der Waals surface area contributed by atoms with Crippen LogP contribution in [0.15, 0.2) is 51.8 Å². The number of para-hydroxylation sites is 1. The Bertz CT molecular complexity index is 746. The molecule has 0 atom stereocenters. The third-order valence-corrected chi connectivity index (χ3v) is 2.51. The molecule has 4 heteroatoms. The fourth-order valence-corrected chi connectivity index (χ4v) is 1.79. The van der Waals surface area contributed by atoms with Gasteiger partial charge in [-0.15, -0.1) is 0 Å². The summed E-state index contributed by atoms with van der Waals surface area (Å²) in [6.07, 6.45) is 1.40. The molecule has 0 spiro atoms. The molecule has 2 aromatic heterocycles. The van der Waals surface area contributed by atoms with Gasteiger partial charge in [0.05, 0.1) is 10.8 Å². The minimum absolute atomic E-state index is 0.415. The van der Waals surface area contributed by atoms with Gasteiger partial charge in [0.2, 0.25) is 5.52 Å². The van der Waals surface area contributed by atoms with Crippen molar-refractivity contribution >= 4 is 21.9 Å². The van der Waals surface area contributed by atoms with Crippen molar-refractivity contribution < 1.29 is 9.15 Å². The minimum Gasteiger partial charge on any atom is -0.618 e. The van der Waals surface area contributed by atoms with Crippen molar-refractivity contribution in [2.24, 2.45) is 0 Å². The predicted molar refractivity (Wildman–Crippen MR) is 59.0 cm³/mol. The van der Waals surface area contributed by atoms with Crippen molar-refractivity contribution in [3.8, 4) is 0 Å². The lowest BCUT2D eigenvalue weighted by Gasteiger charge is -2.03. The molecule has 0 fully saturated rings. The van der Waals surface area contributed by atoms with Gasteiger partial charge in [-0.1, -0.05) is 12.1 Å². The summed E-state index contributed by atoms with van der Waals surface area (Å²) in [7, 11) is 0. The smallest absolute Gasteiger partial charge is 0.336 e. The maximum Gasteiger partial charge on any atom is 0.336 e. The molecule has 4 nitrogen and oxygen atoms in total. The molecule has 78 valence electrons. The molecule has 0 saturated carbocycles. The van der Waals surface area contributed by atoms with Crippen LogP contribution in [0.25, 0.3) is 21.9 Å².